The van der Waals surface area contributed by atoms with Crippen LogP contribution < -0.4 is 5.73 Å². The largest absolute Gasteiger partial charge is 0.380 e. The van der Waals surface area contributed by atoms with Crippen LogP contribution in [0.4, 0.5) is 0 Å². The van der Waals surface area contributed by atoms with Crippen LogP contribution in [0.5, 0.6) is 0 Å². The predicted octanol–water partition coefficient (Wildman–Crippen LogP) is 0.976. The van der Waals surface area contributed by atoms with E-state index in [9.17, 15) is 0 Å². The molecule has 0 fully saturated rings. The van der Waals surface area contributed by atoms with Gasteiger partial charge >= 0.3 is 0 Å². The van der Waals surface area contributed by atoms with E-state index >= 15 is 0 Å². The van der Waals surface area contributed by atoms with E-state index in [1.54, 1.807) is 6.92 Å². The first kappa shape index (κ1) is 14.4. The second-order valence-corrected chi connectivity index (χ2v) is 4.13. The monoisotopic (exact) mass is 213 g/mol. The van der Waals surface area contributed by atoms with Crippen LogP contribution in [0.2, 0.25) is 0 Å². The van der Waals surface area contributed by atoms with Crippen LogP contribution in [0.15, 0.2) is 0 Å². The van der Waals surface area contributed by atoms with Gasteiger partial charge in [0.25, 0.3) is 0 Å². The van der Waals surface area contributed by atoms with E-state index in [2.05, 4.69) is 18.0 Å². The number of nitrogens with zero attached hydrogens (tertiary/aromatic N) is 2. The van der Waals surface area contributed by atoms with Crippen molar-refractivity contribution >= 4 is 0 Å². The van der Waals surface area contributed by atoms with Gasteiger partial charge in [-0.2, -0.15) is 5.26 Å². The molecule has 0 heterocycles. The topological polar surface area (TPSA) is 62.3 Å². The van der Waals surface area contributed by atoms with Crippen molar-refractivity contribution in [3.63, 3.8) is 0 Å². The Balaban J connectivity index is 3.47. The smallest absolute Gasteiger partial charge is 0.101 e. The molecule has 2 N–H and O–H groups in total. The molecule has 0 aromatic carbocycles. The molecule has 88 valence electrons. The highest BCUT2D eigenvalue weighted by molar-refractivity contribution is 5.00. The van der Waals surface area contributed by atoms with Crippen LogP contribution in [0.1, 0.15) is 26.7 Å². The van der Waals surface area contributed by atoms with Gasteiger partial charge in [-0.25, -0.2) is 0 Å². The molecule has 0 aliphatic heterocycles. The Labute approximate surface area is 93.0 Å². The first-order valence-corrected chi connectivity index (χ1v) is 5.48. The van der Waals surface area contributed by atoms with E-state index in [0.717, 1.165) is 39.1 Å². The molecule has 0 aromatic heterocycles. The molecule has 0 spiro atoms. The van der Waals surface area contributed by atoms with Crippen LogP contribution in [0, 0.1) is 11.3 Å². The van der Waals surface area contributed by atoms with Crippen molar-refractivity contribution in [2.24, 2.45) is 5.73 Å². The quantitative estimate of drug-likeness (QED) is 0.610. The van der Waals surface area contributed by atoms with Gasteiger partial charge in [-0.05, 0) is 40.3 Å². The van der Waals surface area contributed by atoms with Crippen molar-refractivity contribution in [2.45, 2.75) is 32.2 Å². The minimum absolute atomic E-state index is 0.680. The van der Waals surface area contributed by atoms with E-state index in [1.807, 2.05) is 6.92 Å². The van der Waals surface area contributed by atoms with E-state index < -0.39 is 5.54 Å². The third kappa shape index (κ3) is 8.37. The van der Waals surface area contributed by atoms with E-state index in [4.69, 9.17) is 15.7 Å². The normalized spacial score (nSPS) is 14.9. The minimum atomic E-state index is -0.680. The SMILES string of the molecule is CCOCCN(C)CCCC(C)(N)C#N. The number of nitrogens with two attached hydrogens (primary N) is 1. The Morgan fingerprint density at radius 1 is 1.47 bits per heavy atom. The fourth-order valence-corrected chi connectivity index (χ4v) is 1.25. The van der Waals surface area contributed by atoms with E-state index in [-0.39, 0.29) is 0 Å². The molecule has 0 aliphatic carbocycles. The molecule has 0 saturated heterocycles. The Morgan fingerprint density at radius 2 is 2.13 bits per heavy atom. The highest BCUT2D eigenvalue weighted by Crippen LogP contribution is 2.07. The zero-order valence-corrected chi connectivity index (χ0v) is 10.1. The van der Waals surface area contributed by atoms with Crippen molar-refractivity contribution in [1.82, 2.24) is 4.90 Å². The second kappa shape index (κ2) is 7.63. The maximum atomic E-state index is 8.72. The molecule has 1 unspecified atom stereocenters. The molecular weight excluding hydrogens is 190 g/mol. The summed E-state index contributed by atoms with van der Waals surface area (Å²) in [6, 6.07) is 2.10. The van der Waals surface area contributed by atoms with Crippen molar-refractivity contribution in [2.75, 3.05) is 33.4 Å². The van der Waals surface area contributed by atoms with Gasteiger partial charge in [-0.3, -0.25) is 0 Å². The molecule has 0 saturated carbocycles. The van der Waals surface area contributed by atoms with Gasteiger partial charge in [0.15, 0.2) is 0 Å². The highest BCUT2D eigenvalue weighted by Gasteiger charge is 2.16. The van der Waals surface area contributed by atoms with Crippen LogP contribution >= 0.6 is 0 Å². The maximum absolute atomic E-state index is 8.72. The summed E-state index contributed by atoms with van der Waals surface area (Å²) in [7, 11) is 2.05. The lowest BCUT2D eigenvalue weighted by atomic mass is 9.99. The Bertz CT molecular complexity index is 198. The van der Waals surface area contributed by atoms with Gasteiger partial charge in [0.05, 0.1) is 12.7 Å². The van der Waals surface area contributed by atoms with Crippen LogP contribution in [0.25, 0.3) is 0 Å². The summed E-state index contributed by atoms with van der Waals surface area (Å²) in [5.41, 5.74) is 5.04. The molecule has 0 radical (unpaired) electrons. The summed E-state index contributed by atoms with van der Waals surface area (Å²) in [5.74, 6) is 0. The lowest BCUT2D eigenvalue weighted by Gasteiger charge is -2.19. The van der Waals surface area contributed by atoms with E-state index in [1.165, 1.54) is 0 Å². The zero-order valence-electron chi connectivity index (χ0n) is 10.1. The number of hydrogen-bond donors (Lipinski definition) is 1. The first-order valence-electron chi connectivity index (χ1n) is 5.48. The lowest BCUT2D eigenvalue weighted by Crippen LogP contribution is -2.35. The number of likely N-dealkylation sites (N-methyl/N-ethyl adjacent to an activating group) is 1. The van der Waals surface area contributed by atoms with Gasteiger partial charge in [0.2, 0.25) is 0 Å². The molecule has 15 heavy (non-hydrogen) atoms. The summed E-state index contributed by atoms with van der Waals surface area (Å²) in [6.45, 7) is 7.19. The number of ether oxygens (including phenoxy) is 1. The second-order valence-electron chi connectivity index (χ2n) is 4.13. The summed E-state index contributed by atoms with van der Waals surface area (Å²) in [5, 5.41) is 8.72. The fourth-order valence-electron chi connectivity index (χ4n) is 1.25. The van der Waals surface area contributed by atoms with E-state index in [0.29, 0.717) is 0 Å². The molecule has 0 amide bonds. The van der Waals surface area contributed by atoms with Crippen molar-refractivity contribution in [3.05, 3.63) is 0 Å². The Kier molecular flexibility index (Phi) is 7.31. The average molecular weight is 213 g/mol. The molecule has 0 rings (SSSR count). The van der Waals surface area contributed by atoms with Crippen molar-refractivity contribution in [1.29, 1.82) is 5.26 Å². The van der Waals surface area contributed by atoms with Crippen LogP contribution in [-0.4, -0.2) is 43.8 Å². The summed E-state index contributed by atoms with van der Waals surface area (Å²) >= 11 is 0. The van der Waals surface area contributed by atoms with Gasteiger partial charge in [-0.15, -0.1) is 0 Å². The summed E-state index contributed by atoms with van der Waals surface area (Å²) in [6.07, 6.45) is 1.69. The number of nitriles is 1. The highest BCUT2D eigenvalue weighted by atomic mass is 16.5. The van der Waals surface area contributed by atoms with Crippen LogP contribution in [0.3, 0.4) is 0 Å². The standard InChI is InChI=1S/C11H23N3O/c1-4-15-9-8-14(3)7-5-6-11(2,13)10-12/h4-9,13H2,1-3H3. The third-order valence-electron chi connectivity index (χ3n) is 2.31. The third-order valence-corrected chi connectivity index (χ3v) is 2.31. The van der Waals surface area contributed by atoms with Crippen LogP contribution in [-0.2, 0) is 4.74 Å². The summed E-state index contributed by atoms with van der Waals surface area (Å²) in [4.78, 5) is 2.20. The molecule has 0 aromatic rings. The predicted molar refractivity (Wildman–Crippen MR) is 61.4 cm³/mol. The molecule has 0 aliphatic rings. The summed E-state index contributed by atoms with van der Waals surface area (Å²) < 4.78 is 5.25. The molecular formula is C11H23N3O. The first-order chi connectivity index (χ1) is 7.02. The Hall–Kier alpha value is -0.630. The maximum Gasteiger partial charge on any atom is 0.101 e. The molecule has 0 bridgehead atoms. The van der Waals surface area contributed by atoms with Gasteiger partial charge < -0.3 is 15.4 Å². The van der Waals surface area contributed by atoms with Gasteiger partial charge in [-0.1, -0.05) is 0 Å². The molecule has 4 nitrogen and oxygen atoms in total. The fraction of sp³-hybridized carbons (Fsp3) is 0.909. The average Bonchev–Trinajstić information content (AvgIpc) is 2.18. The minimum Gasteiger partial charge on any atom is -0.380 e. The van der Waals surface area contributed by atoms with Gasteiger partial charge in [0, 0.05) is 13.2 Å². The van der Waals surface area contributed by atoms with Crippen molar-refractivity contribution in [3.8, 4) is 6.07 Å². The Morgan fingerprint density at radius 3 is 2.67 bits per heavy atom. The van der Waals surface area contributed by atoms with Crippen molar-refractivity contribution < 1.29 is 4.74 Å². The van der Waals surface area contributed by atoms with Gasteiger partial charge in [0.1, 0.15) is 5.54 Å². The number of hydrogen-bond acceptors (Lipinski definition) is 4. The molecule has 1 atom stereocenters. The lowest BCUT2D eigenvalue weighted by molar-refractivity contribution is 0.121. The zero-order chi connectivity index (χ0) is 11.7. The number of rotatable bonds is 8. The molecule has 4 heteroatoms.